The van der Waals surface area contributed by atoms with E-state index in [9.17, 15) is 9.59 Å². The zero-order valence-electron chi connectivity index (χ0n) is 16.2. The number of nitrogens with one attached hydrogen (secondary N) is 1. The van der Waals surface area contributed by atoms with Gasteiger partial charge in [-0.25, -0.2) is 4.79 Å². The Morgan fingerprint density at radius 2 is 1.96 bits per heavy atom. The maximum absolute atomic E-state index is 12.9. The molecule has 2 rings (SSSR count). The van der Waals surface area contributed by atoms with Crippen LogP contribution in [0.4, 0.5) is 4.79 Å². The Balaban J connectivity index is 2.09. The summed E-state index contributed by atoms with van der Waals surface area (Å²) in [6, 6.07) is 9.74. The Morgan fingerprint density at radius 1 is 1.31 bits per heavy atom. The van der Waals surface area contributed by atoms with Crippen LogP contribution in [0.25, 0.3) is 0 Å². The first-order chi connectivity index (χ1) is 12.2. The zero-order valence-corrected chi connectivity index (χ0v) is 17.0. The van der Waals surface area contributed by atoms with Gasteiger partial charge >= 0.3 is 6.09 Å². The molecule has 0 bridgehead atoms. The number of carbonyl (C=O) groups excluding carboxylic acids is 2. The molecule has 0 aliphatic carbocycles. The minimum absolute atomic E-state index is 0.139. The molecule has 1 fully saturated rings. The average Bonchev–Trinajstić information content (AvgIpc) is 3.03. The van der Waals surface area contributed by atoms with Crippen molar-refractivity contribution in [3.05, 3.63) is 35.9 Å². The number of rotatable bonds is 5. The molecule has 0 radical (unpaired) electrons. The van der Waals surface area contributed by atoms with E-state index >= 15 is 0 Å². The Kier molecular flexibility index (Phi) is 6.94. The largest absolute Gasteiger partial charge is 0.444 e. The Hall–Kier alpha value is -1.73. The van der Waals surface area contributed by atoms with Crippen LogP contribution in [0.5, 0.6) is 0 Å². The van der Waals surface area contributed by atoms with Gasteiger partial charge in [-0.05, 0) is 40.4 Å². The van der Waals surface area contributed by atoms with Crippen LogP contribution in [0.1, 0.15) is 32.4 Å². The molecular formula is C19H29N3O3S. The summed E-state index contributed by atoms with van der Waals surface area (Å²) in [5, 5.41) is 2.55. The molecule has 7 heteroatoms. The summed E-state index contributed by atoms with van der Waals surface area (Å²) in [6.45, 7) is 6.67. The van der Waals surface area contributed by atoms with Crippen LogP contribution in [0, 0.1) is 0 Å². The molecular weight excluding hydrogens is 350 g/mol. The van der Waals surface area contributed by atoms with Gasteiger partial charge in [0.05, 0.1) is 6.04 Å². The summed E-state index contributed by atoms with van der Waals surface area (Å²) in [5.41, 5.74) is 0.462. The summed E-state index contributed by atoms with van der Waals surface area (Å²) in [5.74, 6) is 0.565. The highest BCUT2D eigenvalue weighted by molar-refractivity contribution is 8.00. The third kappa shape index (κ3) is 5.92. The van der Waals surface area contributed by atoms with Crippen LogP contribution in [0.2, 0.25) is 0 Å². The molecule has 0 aromatic heterocycles. The van der Waals surface area contributed by atoms with Crippen molar-refractivity contribution < 1.29 is 14.3 Å². The number of benzene rings is 1. The number of amides is 2. The standard InChI is InChI=1S/C19H29N3O3S/c1-19(2,3)25-18(24)22-11-12-26-17(22)16(23)20-15(13-21(4)5)14-9-7-6-8-10-14/h6-10,15,17H,11-13H2,1-5H3,(H,20,23). The average molecular weight is 380 g/mol. The molecule has 1 heterocycles. The summed E-state index contributed by atoms with van der Waals surface area (Å²) in [7, 11) is 3.94. The first-order valence-corrected chi connectivity index (χ1v) is 9.83. The van der Waals surface area contributed by atoms with Gasteiger partial charge in [0.25, 0.3) is 5.91 Å². The molecule has 1 aromatic carbocycles. The van der Waals surface area contributed by atoms with E-state index in [0.29, 0.717) is 13.1 Å². The number of hydrogen-bond acceptors (Lipinski definition) is 5. The van der Waals surface area contributed by atoms with Crippen LogP contribution in [0.3, 0.4) is 0 Å². The van der Waals surface area contributed by atoms with Crippen molar-refractivity contribution in [3.8, 4) is 0 Å². The Bertz CT molecular complexity index is 616. The summed E-state index contributed by atoms with van der Waals surface area (Å²) in [4.78, 5) is 28.9. The quantitative estimate of drug-likeness (QED) is 0.852. The summed E-state index contributed by atoms with van der Waals surface area (Å²) < 4.78 is 5.44. The van der Waals surface area contributed by atoms with Crippen molar-refractivity contribution in [1.29, 1.82) is 0 Å². The molecule has 0 saturated carbocycles. The molecule has 2 unspecified atom stereocenters. The first kappa shape index (κ1) is 20.6. The number of likely N-dealkylation sites (N-methyl/N-ethyl adjacent to an activating group) is 1. The molecule has 1 aliphatic rings. The number of nitrogens with zero attached hydrogens (tertiary/aromatic N) is 2. The number of ether oxygens (including phenoxy) is 1. The monoisotopic (exact) mass is 379 g/mol. The molecule has 2 amide bonds. The fourth-order valence-electron chi connectivity index (χ4n) is 2.72. The van der Waals surface area contributed by atoms with Gasteiger partial charge in [0.1, 0.15) is 5.60 Å². The van der Waals surface area contributed by atoms with E-state index in [1.807, 2.05) is 70.1 Å². The van der Waals surface area contributed by atoms with Crippen molar-refractivity contribution in [1.82, 2.24) is 15.1 Å². The molecule has 0 spiro atoms. The highest BCUT2D eigenvalue weighted by Gasteiger charge is 2.38. The van der Waals surface area contributed by atoms with Crippen molar-refractivity contribution in [2.24, 2.45) is 0 Å². The van der Waals surface area contributed by atoms with Crippen LogP contribution in [0.15, 0.2) is 30.3 Å². The van der Waals surface area contributed by atoms with Crippen molar-refractivity contribution in [2.75, 3.05) is 32.9 Å². The van der Waals surface area contributed by atoms with E-state index in [0.717, 1.165) is 11.3 Å². The van der Waals surface area contributed by atoms with Crippen LogP contribution in [-0.2, 0) is 9.53 Å². The van der Waals surface area contributed by atoms with Crippen molar-refractivity contribution in [2.45, 2.75) is 37.8 Å². The molecule has 1 N–H and O–H groups in total. The second-order valence-corrected chi connectivity index (χ2v) is 8.82. The van der Waals surface area contributed by atoms with Gasteiger partial charge in [0.2, 0.25) is 0 Å². The number of thioether (sulfide) groups is 1. The summed E-state index contributed by atoms with van der Waals surface area (Å²) >= 11 is 1.47. The minimum atomic E-state index is -0.580. The molecule has 1 aromatic rings. The second kappa shape index (κ2) is 8.77. The van der Waals surface area contributed by atoms with E-state index in [4.69, 9.17) is 4.74 Å². The van der Waals surface area contributed by atoms with Gasteiger partial charge < -0.3 is 15.0 Å². The van der Waals surface area contributed by atoms with E-state index in [1.54, 1.807) is 0 Å². The number of hydrogen-bond donors (Lipinski definition) is 1. The van der Waals surface area contributed by atoms with E-state index < -0.39 is 17.1 Å². The van der Waals surface area contributed by atoms with Crippen molar-refractivity contribution in [3.63, 3.8) is 0 Å². The second-order valence-electron chi connectivity index (χ2n) is 7.63. The Labute approximate surface area is 160 Å². The lowest BCUT2D eigenvalue weighted by atomic mass is 10.1. The lowest BCUT2D eigenvalue weighted by molar-refractivity contribution is -0.124. The van der Waals surface area contributed by atoms with E-state index in [1.165, 1.54) is 16.7 Å². The van der Waals surface area contributed by atoms with Gasteiger partial charge in [0, 0.05) is 18.8 Å². The van der Waals surface area contributed by atoms with E-state index in [2.05, 4.69) is 5.32 Å². The minimum Gasteiger partial charge on any atom is -0.444 e. The summed E-state index contributed by atoms with van der Waals surface area (Å²) in [6.07, 6.45) is -0.438. The third-order valence-electron chi connectivity index (χ3n) is 3.81. The highest BCUT2D eigenvalue weighted by atomic mass is 32.2. The predicted octanol–water partition coefficient (Wildman–Crippen LogP) is 2.72. The van der Waals surface area contributed by atoms with Crippen molar-refractivity contribution >= 4 is 23.8 Å². The molecule has 6 nitrogen and oxygen atoms in total. The normalized spacial score (nSPS) is 18.7. The van der Waals surface area contributed by atoms with Crippen LogP contribution < -0.4 is 5.32 Å². The van der Waals surface area contributed by atoms with Gasteiger partial charge in [0.15, 0.2) is 5.37 Å². The lowest BCUT2D eigenvalue weighted by Gasteiger charge is -2.29. The Morgan fingerprint density at radius 3 is 2.54 bits per heavy atom. The smallest absolute Gasteiger partial charge is 0.411 e. The van der Waals surface area contributed by atoms with Gasteiger partial charge in [-0.2, -0.15) is 0 Å². The highest BCUT2D eigenvalue weighted by Crippen LogP contribution is 2.27. The van der Waals surface area contributed by atoms with Gasteiger partial charge in [-0.15, -0.1) is 11.8 Å². The maximum Gasteiger partial charge on any atom is 0.411 e. The molecule has 2 atom stereocenters. The lowest BCUT2D eigenvalue weighted by Crippen LogP contribution is -2.48. The van der Waals surface area contributed by atoms with Crippen LogP contribution in [-0.4, -0.2) is 65.7 Å². The molecule has 1 aliphatic heterocycles. The third-order valence-corrected chi connectivity index (χ3v) is 5.01. The maximum atomic E-state index is 12.9. The topological polar surface area (TPSA) is 61.9 Å². The van der Waals surface area contributed by atoms with E-state index in [-0.39, 0.29) is 11.9 Å². The zero-order chi connectivity index (χ0) is 19.3. The predicted molar refractivity (Wildman–Crippen MR) is 105 cm³/mol. The fraction of sp³-hybridized carbons (Fsp3) is 0.579. The number of carbonyl (C=O) groups is 2. The molecule has 26 heavy (non-hydrogen) atoms. The van der Waals surface area contributed by atoms with Gasteiger partial charge in [-0.1, -0.05) is 30.3 Å². The van der Waals surface area contributed by atoms with Gasteiger partial charge in [-0.3, -0.25) is 9.69 Å². The SMILES string of the molecule is CN(C)CC(NC(=O)C1SCCN1C(=O)OC(C)(C)C)c1ccccc1. The molecule has 1 saturated heterocycles. The fourth-order valence-corrected chi connectivity index (χ4v) is 3.84. The molecule has 144 valence electrons. The first-order valence-electron chi connectivity index (χ1n) is 8.78. The van der Waals surface area contributed by atoms with Crippen LogP contribution >= 0.6 is 11.8 Å².